The highest BCUT2D eigenvalue weighted by atomic mass is 16.5. The van der Waals surface area contributed by atoms with Gasteiger partial charge in [0.05, 0.1) is 6.07 Å². The van der Waals surface area contributed by atoms with Crippen LogP contribution in [0.2, 0.25) is 0 Å². The third-order valence-electron chi connectivity index (χ3n) is 2.83. The Morgan fingerprint density at radius 2 is 2.20 bits per heavy atom. The summed E-state index contributed by atoms with van der Waals surface area (Å²) in [7, 11) is 0. The Labute approximate surface area is 93.0 Å². The minimum absolute atomic E-state index is 0.116. The molecule has 1 heterocycles. The Hall–Kier alpha value is -0.590. The Morgan fingerprint density at radius 3 is 2.73 bits per heavy atom. The molecule has 1 saturated heterocycles. The summed E-state index contributed by atoms with van der Waals surface area (Å²) in [5.74, 6) is 0. The van der Waals surface area contributed by atoms with Crippen LogP contribution in [0.1, 0.15) is 46.0 Å². The van der Waals surface area contributed by atoms with Crippen LogP contribution in [0.4, 0.5) is 0 Å². The lowest BCUT2D eigenvalue weighted by molar-refractivity contribution is -0.0160. The molecule has 3 heteroatoms. The van der Waals surface area contributed by atoms with Gasteiger partial charge in [0.15, 0.2) is 0 Å². The molecule has 1 rings (SSSR count). The number of rotatable bonds is 8. The van der Waals surface area contributed by atoms with Gasteiger partial charge in [-0.25, -0.2) is 0 Å². The molecule has 1 aliphatic rings. The van der Waals surface area contributed by atoms with Gasteiger partial charge in [0.1, 0.15) is 12.3 Å². The Bertz CT molecular complexity index is 212. The molecule has 0 spiro atoms. The van der Waals surface area contributed by atoms with E-state index in [1.165, 1.54) is 19.3 Å². The molecule has 0 N–H and O–H groups in total. The first-order chi connectivity index (χ1) is 7.33. The smallest absolute Gasteiger partial charge is 0.113 e. The van der Waals surface area contributed by atoms with E-state index in [0.717, 1.165) is 26.0 Å². The number of unbranched alkanes of at least 4 members (excludes halogenated alkanes) is 3. The second kappa shape index (κ2) is 6.81. The molecule has 3 nitrogen and oxygen atoms in total. The lowest BCUT2D eigenvalue weighted by atomic mass is 10.2. The van der Waals surface area contributed by atoms with Crippen molar-refractivity contribution in [2.45, 2.75) is 58.2 Å². The summed E-state index contributed by atoms with van der Waals surface area (Å²) in [6.45, 7) is 6.06. The largest absolute Gasteiger partial charge is 0.363 e. The van der Waals surface area contributed by atoms with Gasteiger partial charge >= 0.3 is 0 Å². The molecule has 0 aromatic carbocycles. The van der Waals surface area contributed by atoms with Crippen molar-refractivity contribution < 1.29 is 4.74 Å². The van der Waals surface area contributed by atoms with E-state index < -0.39 is 0 Å². The molecule has 0 saturated carbocycles. The first-order valence-corrected chi connectivity index (χ1v) is 6.10. The van der Waals surface area contributed by atoms with Crippen molar-refractivity contribution in [1.29, 1.82) is 5.26 Å². The zero-order valence-corrected chi connectivity index (χ0v) is 9.91. The Kier molecular flexibility index (Phi) is 5.67. The molecule has 3 unspecified atom stereocenters. The van der Waals surface area contributed by atoms with E-state index >= 15 is 0 Å². The molecule has 0 radical (unpaired) electrons. The minimum atomic E-state index is 0.116. The SMILES string of the molecule is CCCCCCOC(CC)N1CC1C#N. The van der Waals surface area contributed by atoms with Crippen LogP contribution in [0.5, 0.6) is 0 Å². The molecule has 0 aliphatic carbocycles. The van der Waals surface area contributed by atoms with E-state index in [1.54, 1.807) is 0 Å². The van der Waals surface area contributed by atoms with Crippen molar-refractivity contribution in [3.8, 4) is 6.07 Å². The van der Waals surface area contributed by atoms with Crippen LogP contribution in [0.15, 0.2) is 0 Å². The van der Waals surface area contributed by atoms with Gasteiger partial charge < -0.3 is 4.74 Å². The van der Waals surface area contributed by atoms with E-state index in [1.807, 2.05) is 0 Å². The van der Waals surface area contributed by atoms with E-state index in [9.17, 15) is 0 Å². The van der Waals surface area contributed by atoms with Gasteiger partial charge in [0.2, 0.25) is 0 Å². The van der Waals surface area contributed by atoms with Crippen LogP contribution < -0.4 is 0 Å². The fourth-order valence-electron chi connectivity index (χ4n) is 1.78. The van der Waals surface area contributed by atoms with Gasteiger partial charge in [-0.15, -0.1) is 0 Å². The second-order valence-corrected chi connectivity index (χ2v) is 4.14. The predicted molar refractivity (Wildman–Crippen MR) is 60.3 cm³/mol. The quantitative estimate of drug-likeness (QED) is 0.456. The van der Waals surface area contributed by atoms with Crippen LogP contribution in [0.25, 0.3) is 0 Å². The summed E-state index contributed by atoms with van der Waals surface area (Å²) in [5.41, 5.74) is 0. The highest BCUT2D eigenvalue weighted by Crippen LogP contribution is 2.23. The van der Waals surface area contributed by atoms with Crippen molar-refractivity contribution in [1.82, 2.24) is 4.90 Å². The standard InChI is InChI=1S/C12H22N2O/c1-3-5-6-7-8-15-12(4-2)14-10-11(14)9-13/h11-12H,3-8,10H2,1-2H3. The van der Waals surface area contributed by atoms with Crippen molar-refractivity contribution >= 4 is 0 Å². The third kappa shape index (κ3) is 4.19. The Morgan fingerprint density at radius 1 is 1.40 bits per heavy atom. The van der Waals surface area contributed by atoms with Crippen LogP contribution in [-0.4, -0.2) is 30.3 Å². The van der Waals surface area contributed by atoms with Gasteiger partial charge in [-0.1, -0.05) is 33.1 Å². The lowest BCUT2D eigenvalue weighted by Crippen LogP contribution is -2.23. The van der Waals surface area contributed by atoms with Gasteiger partial charge in [-0.2, -0.15) is 5.26 Å². The van der Waals surface area contributed by atoms with Crippen molar-refractivity contribution in [2.24, 2.45) is 0 Å². The fraction of sp³-hybridized carbons (Fsp3) is 0.917. The number of hydrogen-bond acceptors (Lipinski definition) is 3. The maximum absolute atomic E-state index is 8.72. The molecule has 0 aromatic heterocycles. The normalized spacial score (nSPS) is 25.9. The van der Waals surface area contributed by atoms with E-state index in [4.69, 9.17) is 10.00 Å². The molecule has 3 atom stereocenters. The second-order valence-electron chi connectivity index (χ2n) is 4.14. The van der Waals surface area contributed by atoms with E-state index in [2.05, 4.69) is 24.8 Å². The molecule has 15 heavy (non-hydrogen) atoms. The molecular formula is C12H22N2O. The summed E-state index contributed by atoms with van der Waals surface area (Å²) in [4.78, 5) is 2.12. The first kappa shape index (κ1) is 12.5. The van der Waals surface area contributed by atoms with Gasteiger partial charge in [0, 0.05) is 13.2 Å². The van der Waals surface area contributed by atoms with Gasteiger partial charge in [-0.05, 0) is 12.8 Å². The fourth-order valence-corrected chi connectivity index (χ4v) is 1.78. The molecular weight excluding hydrogens is 188 g/mol. The van der Waals surface area contributed by atoms with E-state index in [-0.39, 0.29) is 12.3 Å². The zero-order valence-electron chi connectivity index (χ0n) is 9.91. The summed E-state index contributed by atoms with van der Waals surface area (Å²) in [5, 5.41) is 8.72. The number of nitriles is 1. The molecule has 0 amide bonds. The zero-order chi connectivity index (χ0) is 11.1. The van der Waals surface area contributed by atoms with E-state index in [0.29, 0.717) is 0 Å². The highest BCUT2D eigenvalue weighted by Gasteiger charge is 2.39. The van der Waals surface area contributed by atoms with Crippen LogP contribution in [-0.2, 0) is 4.74 Å². The summed E-state index contributed by atoms with van der Waals surface area (Å²) < 4.78 is 5.77. The van der Waals surface area contributed by atoms with Gasteiger partial charge in [0.25, 0.3) is 0 Å². The third-order valence-corrected chi connectivity index (χ3v) is 2.83. The first-order valence-electron chi connectivity index (χ1n) is 6.10. The summed E-state index contributed by atoms with van der Waals surface area (Å²) in [6.07, 6.45) is 6.12. The number of hydrogen-bond donors (Lipinski definition) is 0. The van der Waals surface area contributed by atoms with Crippen molar-refractivity contribution in [2.75, 3.05) is 13.2 Å². The number of ether oxygens (including phenoxy) is 1. The molecule has 0 aromatic rings. The lowest BCUT2D eigenvalue weighted by Gasteiger charge is -2.17. The average molecular weight is 210 g/mol. The average Bonchev–Trinajstić information content (AvgIpc) is 3.03. The highest BCUT2D eigenvalue weighted by molar-refractivity contribution is 5.06. The van der Waals surface area contributed by atoms with Crippen molar-refractivity contribution in [3.05, 3.63) is 0 Å². The molecule has 86 valence electrons. The number of nitrogens with zero attached hydrogens (tertiary/aromatic N) is 2. The van der Waals surface area contributed by atoms with Crippen LogP contribution in [0, 0.1) is 11.3 Å². The summed E-state index contributed by atoms with van der Waals surface area (Å²) in [6, 6.07) is 2.38. The monoisotopic (exact) mass is 210 g/mol. The van der Waals surface area contributed by atoms with Crippen LogP contribution >= 0.6 is 0 Å². The van der Waals surface area contributed by atoms with Gasteiger partial charge in [-0.3, -0.25) is 4.90 Å². The summed E-state index contributed by atoms with van der Waals surface area (Å²) >= 11 is 0. The maximum atomic E-state index is 8.72. The van der Waals surface area contributed by atoms with Crippen molar-refractivity contribution in [3.63, 3.8) is 0 Å². The maximum Gasteiger partial charge on any atom is 0.113 e. The molecule has 1 aliphatic heterocycles. The van der Waals surface area contributed by atoms with Crippen LogP contribution in [0.3, 0.4) is 0 Å². The molecule has 0 bridgehead atoms. The minimum Gasteiger partial charge on any atom is -0.363 e. The Balaban J connectivity index is 2.05. The molecule has 1 fully saturated rings. The topological polar surface area (TPSA) is 36.0 Å². The predicted octanol–water partition coefficient (Wildman–Crippen LogP) is 2.53.